The molecule has 0 radical (unpaired) electrons. The molecule has 0 fully saturated rings. The topological polar surface area (TPSA) is 78.2 Å². The molecule has 6 rings (SSSR count). The average Bonchev–Trinajstić information content (AvgIpc) is 3.75. The molecule has 0 bridgehead atoms. The number of carbonyl (C=O) groups excluding carboxylic acids is 2. The summed E-state index contributed by atoms with van der Waals surface area (Å²) < 4.78 is 19.5. The molecule has 7 heteroatoms. The van der Waals surface area contributed by atoms with E-state index >= 15 is 0 Å². The van der Waals surface area contributed by atoms with E-state index in [1.54, 1.807) is 70.1 Å². The summed E-state index contributed by atoms with van der Waals surface area (Å²) in [6.45, 7) is 20.5. The molecule has 0 saturated heterocycles. The van der Waals surface area contributed by atoms with E-state index in [-0.39, 0.29) is 11.6 Å². The van der Waals surface area contributed by atoms with E-state index in [9.17, 15) is 9.59 Å². The molecule has 1 aliphatic carbocycles. The summed E-state index contributed by atoms with van der Waals surface area (Å²) in [5, 5.41) is 0. The molecular formula is C52H69NO6. The molecule has 1 aliphatic rings. The minimum atomic E-state index is -0.155. The molecule has 59 heavy (non-hydrogen) atoms. The first-order valence-electron chi connectivity index (χ1n) is 19.9. The normalized spacial score (nSPS) is 9.83. The van der Waals surface area contributed by atoms with Gasteiger partial charge in [0.1, 0.15) is 17.3 Å². The maximum Gasteiger partial charge on any atom is 0.198 e. The summed E-state index contributed by atoms with van der Waals surface area (Å²) in [6.07, 6.45) is 7.99. The first-order chi connectivity index (χ1) is 28.3. The summed E-state index contributed by atoms with van der Waals surface area (Å²) in [7, 11) is 10.5. The van der Waals surface area contributed by atoms with E-state index in [1.165, 1.54) is 40.6 Å². The SMILES string of the molecule is CC.CC.CC(C)=Cc1ccc(N(C)C)cc1.CC(C)=Cc1ccco1.COC.COc1ccc(C=C(C)C)cc1.COc1cccc2c1C(=O)c1ccccc1C2=O. The van der Waals surface area contributed by atoms with Gasteiger partial charge in [0.2, 0.25) is 0 Å². The Morgan fingerprint density at radius 1 is 0.525 bits per heavy atom. The van der Waals surface area contributed by atoms with Gasteiger partial charge in [-0.15, -0.1) is 0 Å². The van der Waals surface area contributed by atoms with Gasteiger partial charge in [0.15, 0.2) is 11.6 Å². The lowest BCUT2D eigenvalue weighted by atomic mass is 9.84. The first kappa shape index (κ1) is 53.1. The molecule has 0 amide bonds. The van der Waals surface area contributed by atoms with Crippen LogP contribution < -0.4 is 14.4 Å². The summed E-state index contributed by atoms with van der Waals surface area (Å²) in [4.78, 5) is 26.8. The van der Waals surface area contributed by atoms with Crippen LogP contribution in [0.2, 0.25) is 0 Å². The lowest BCUT2D eigenvalue weighted by Gasteiger charge is -2.19. The second-order valence-corrected chi connectivity index (χ2v) is 13.4. The van der Waals surface area contributed by atoms with Crippen molar-refractivity contribution in [3.05, 3.63) is 165 Å². The fraction of sp³-hybridized carbons (Fsp3) is 0.308. The Morgan fingerprint density at radius 2 is 0.983 bits per heavy atom. The number of carbonyl (C=O) groups is 2. The zero-order valence-corrected chi connectivity index (χ0v) is 38.5. The fourth-order valence-corrected chi connectivity index (χ4v) is 5.18. The van der Waals surface area contributed by atoms with Gasteiger partial charge in [-0.1, -0.05) is 117 Å². The van der Waals surface area contributed by atoms with Crippen molar-refractivity contribution < 1.29 is 28.2 Å². The smallest absolute Gasteiger partial charge is 0.198 e. The summed E-state index contributed by atoms with van der Waals surface area (Å²) in [6, 6.07) is 32.3. The van der Waals surface area contributed by atoms with Gasteiger partial charge in [0, 0.05) is 50.7 Å². The van der Waals surface area contributed by atoms with Crippen LogP contribution in [0.4, 0.5) is 5.69 Å². The Labute approximate surface area is 356 Å². The highest BCUT2D eigenvalue weighted by molar-refractivity contribution is 6.29. The second-order valence-electron chi connectivity index (χ2n) is 13.4. The van der Waals surface area contributed by atoms with Crippen LogP contribution in [0.3, 0.4) is 0 Å². The molecule has 0 N–H and O–H groups in total. The first-order valence-corrected chi connectivity index (χ1v) is 19.9. The number of nitrogens with zero attached hydrogens (tertiary/aromatic N) is 1. The number of ether oxygens (including phenoxy) is 3. The van der Waals surface area contributed by atoms with E-state index in [4.69, 9.17) is 13.9 Å². The highest BCUT2D eigenvalue weighted by Gasteiger charge is 2.31. The van der Waals surface area contributed by atoms with Crippen molar-refractivity contribution in [3.8, 4) is 11.5 Å². The van der Waals surface area contributed by atoms with Crippen LogP contribution in [-0.4, -0.2) is 54.1 Å². The molecule has 318 valence electrons. The Kier molecular flexibility index (Phi) is 27.2. The molecule has 5 aromatic rings. The van der Waals surface area contributed by atoms with Crippen molar-refractivity contribution in [1.29, 1.82) is 0 Å². The van der Waals surface area contributed by atoms with Gasteiger partial charge >= 0.3 is 0 Å². The van der Waals surface area contributed by atoms with Crippen molar-refractivity contribution in [2.24, 2.45) is 0 Å². The zero-order valence-electron chi connectivity index (χ0n) is 38.5. The summed E-state index contributed by atoms with van der Waals surface area (Å²) >= 11 is 0. The van der Waals surface area contributed by atoms with Crippen molar-refractivity contribution >= 4 is 35.5 Å². The Morgan fingerprint density at radius 3 is 1.39 bits per heavy atom. The number of ketones is 2. The second kappa shape index (κ2) is 30.2. The van der Waals surface area contributed by atoms with Gasteiger partial charge in [-0.3, -0.25) is 9.59 Å². The van der Waals surface area contributed by atoms with Crippen LogP contribution in [0.15, 0.2) is 131 Å². The molecule has 0 saturated carbocycles. The van der Waals surface area contributed by atoms with Crippen LogP contribution in [-0.2, 0) is 4.74 Å². The Balaban J connectivity index is 0.000000740. The third-order valence-corrected chi connectivity index (χ3v) is 7.54. The molecule has 1 aromatic heterocycles. The van der Waals surface area contributed by atoms with Gasteiger partial charge < -0.3 is 23.5 Å². The van der Waals surface area contributed by atoms with Crippen LogP contribution >= 0.6 is 0 Å². The number of anilines is 1. The summed E-state index contributed by atoms with van der Waals surface area (Å²) in [5.41, 5.74) is 9.31. The van der Waals surface area contributed by atoms with E-state index in [0.717, 1.165) is 11.5 Å². The van der Waals surface area contributed by atoms with Gasteiger partial charge in [-0.25, -0.2) is 0 Å². The van der Waals surface area contributed by atoms with E-state index in [0.29, 0.717) is 28.0 Å². The third kappa shape index (κ3) is 19.4. The van der Waals surface area contributed by atoms with Crippen molar-refractivity contribution in [1.82, 2.24) is 0 Å². The Bertz CT molecular complexity index is 2000. The van der Waals surface area contributed by atoms with Crippen molar-refractivity contribution in [3.63, 3.8) is 0 Å². The summed E-state index contributed by atoms with van der Waals surface area (Å²) in [5.74, 6) is 1.99. The van der Waals surface area contributed by atoms with Crippen LogP contribution in [0.25, 0.3) is 18.2 Å². The molecular weight excluding hydrogens is 735 g/mol. The number of rotatable bonds is 6. The monoisotopic (exact) mass is 804 g/mol. The number of fused-ring (bicyclic) bond motifs is 2. The van der Waals surface area contributed by atoms with Gasteiger partial charge in [-0.2, -0.15) is 0 Å². The quantitative estimate of drug-likeness (QED) is 0.166. The lowest BCUT2D eigenvalue weighted by molar-refractivity contribution is 0.0976. The van der Waals surface area contributed by atoms with Gasteiger partial charge in [0.05, 0.1) is 26.0 Å². The predicted molar refractivity (Wildman–Crippen MR) is 252 cm³/mol. The van der Waals surface area contributed by atoms with E-state index in [1.807, 2.05) is 84.0 Å². The largest absolute Gasteiger partial charge is 0.497 e. The predicted octanol–water partition coefficient (Wildman–Crippen LogP) is 13.8. The number of methoxy groups -OCH3 is 3. The van der Waals surface area contributed by atoms with Gasteiger partial charge in [0.25, 0.3) is 0 Å². The van der Waals surface area contributed by atoms with Crippen molar-refractivity contribution in [2.75, 3.05) is 47.4 Å². The fourth-order valence-electron chi connectivity index (χ4n) is 5.18. The number of hydrogen-bond donors (Lipinski definition) is 0. The average molecular weight is 804 g/mol. The maximum absolute atomic E-state index is 12.4. The molecule has 0 spiro atoms. The maximum atomic E-state index is 12.4. The zero-order chi connectivity index (χ0) is 44.9. The highest BCUT2D eigenvalue weighted by Crippen LogP contribution is 2.32. The van der Waals surface area contributed by atoms with E-state index < -0.39 is 0 Å². The molecule has 7 nitrogen and oxygen atoms in total. The number of allylic oxidation sites excluding steroid dienone is 3. The Hall–Kier alpha value is -5.92. The van der Waals surface area contributed by atoms with Crippen molar-refractivity contribution in [2.45, 2.75) is 69.2 Å². The van der Waals surface area contributed by atoms with E-state index in [2.05, 4.69) is 87.8 Å². The van der Waals surface area contributed by atoms with Crippen LogP contribution in [0, 0.1) is 0 Å². The van der Waals surface area contributed by atoms with Crippen LogP contribution in [0.5, 0.6) is 11.5 Å². The number of furan rings is 1. The van der Waals surface area contributed by atoms with Crippen LogP contribution in [0.1, 0.15) is 118 Å². The molecule has 0 aliphatic heterocycles. The minimum absolute atomic E-state index is 0.126. The molecule has 1 heterocycles. The number of benzene rings is 4. The molecule has 0 atom stereocenters. The number of hydrogen-bond acceptors (Lipinski definition) is 7. The molecule has 4 aromatic carbocycles. The highest BCUT2D eigenvalue weighted by atomic mass is 16.5. The lowest BCUT2D eigenvalue weighted by Crippen LogP contribution is -2.21. The standard InChI is InChI=1S/C15H10O3.C12H17N.C11H14O.C8H10O.C2H6O.2C2H6/c1-18-12-8-4-7-11-13(12)15(17)10-6-3-2-5-9(10)14(11)16;1-10(2)9-11-5-7-12(8-6-11)13(3)4;1-9(2)8-10-4-6-11(12-3)7-5-10;1-7(2)6-8-4-3-5-9-8;1-3-2;2*1-2/h2-8H,1H3;5-9H,1-4H3;4-8H,1-3H3;3-6H,1-2H3;1-2H3;2*1-2H3. The third-order valence-electron chi connectivity index (χ3n) is 7.54. The van der Waals surface area contributed by atoms with Gasteiger partial charge in [-0.05, 0) is 101 Å². The minimum Gasteiger partial charge on any atom is -0.497 e. The molecule has 0 unspecified atom stereocenters.